The number of carbonyl (C=O) groups excluding carboxylic acids is 4. The first-order valence-electron chi connectivity index (χ1n) is 11.9. The molecule has 3 aromatic rings. The van der Waals surface area contributed by atoms with Gasteiger partial charge >= 0.3 is 17.9 Å². The molecule has 190 valence electrons. The Labute approximate surface area is 214 Å². The molecular weight excluding hydrogens is 474 g/mol. The Morgan fingerprint density at radius 2 is 1.62 bits per heavy atom. The van der Waals surface area contributed by atoms with Crippen molar-refractivity contribution >= 4 is 29.5 Å². The Morgan fingerprint density at radius 1 is 0.892 bits per heavy atom. The molecule has 1 atom stereocenters. The average Bonchev–Trinajstić information content (AvgIpc) is 2.86. The molecule has 0 fully saturated rings. The molecule has 4 rings (SSSR count). The van der Waals surface area contributed by atoms with Gasteiger partial charge in [-0.2, -0.15) is 0 Å². The summed E-state index contributed by atoms with van der Waals surface area (Å²) in [4.78, 5) is 51.1. The molecule has 1 amide bonds. The quantitative estimate of drug-likeness (QED) is 0.351. The second-order valence-corrected chi connectivity index (χ2v) is 8.81. The third-order valence-electron chi connectivity index (χ3n) is 5.98. The lowest BCUT2D eigenvalue weighted by Gasteiger charge is -2.35. The highest BCUT2D eigenvalue weighted by atomic mass is 16.5. The fourth-order valence-corrected chi connectivity index (χ4v) is 4.27. The van der Waals surface area contributed by atoms with E-state index in [1.807, 2.05) is 37.3 Å². The SMILES string of the molecule is CC(=O)Oc1ccc(C(=O)N2c3ccc(C(=O)OCc4ccccc4)cc3CCC2C)c(OC(C)=O)c1. The number of hydrogen-bond donors (Lipinski definition) is 0. The number of anilines is 1. The normalized spacial score (nSPS) is 14.4. The molecule has 8 nitrogen and oxygen atoms in total. The highest BCUT2D eigenvalue weighted by Crippen LogP contribution is 2.35. The van der Waals surface area contributed by atoms with Crippen LogP contribution in [0.1, 0.15) is 59.0 Å². The zero-order valence-corrected chi connectivity index (χ0v) is 20.9. The first kappa shape index (κ1) is 25.6. The number of ether oxygens (including phenoxy) is 3. The van der Waals surface area contributed by atoms with Crippen molar-refractivity contribution in [3.63, 3.8) is 0 Å². The third-order valence-corrected chi connectivity index (χ3v) is 5.98. The zero-order valence-electron chi connectivity index (χ0n) is 20.9. The highest BCUT2D eigenvalue weighted by molar-refractivity contribution is 6.09. The topological polar surface area (TPSA) is 99.2 Å². The van der Waals surface area contributed by atoms with Crippen molar-refractivity contribution in [3.8, 4) is 11.5 Å². The number of aryl methyl sites for hydroxylation is 1. The zero-order chi connectivity index (χ0) is 26.5. The predicted octanol–water partition coefficient (Wildman–Crippen LogP) is 4.88. The number of nitrogens with zero attached hydrogens (tertiary/aromatic N) is 1. The van der Waals surface area contributed by atoms with Crippen LogP contribution >= 0.6 is 0 Å². The van der Waals surface area contributed by atoms with Gasteiger partial charge in [0.15, 0.2) is 0 Å². The summed E-state index contributed by atoms with van der Waals surface area (Å²) < 4.78 is 15.8. The van der Waals surface area contributed by atoms with Crippen molar-refractivity contribution in [2.75, 3.05) is 4.90 Å². The van der Waals surface area contributed by atoms with Crippen molar-refractivity contribution < 1.29 is 33.4 Å². The van der Waals surface area contributed by atoms with Crippen LogP contribution in [0.15, 0.2) is 66.7 Å². The Balaban J connectivity index is 1.60. The van der Waals surface area contributed by atoms with E-state index in [9.17, 15) is 19.2 Å². The van der Waals surface area contributed by atoms with Crippen LogP contribution in [0.4, 0.5) is 5.69 Å². The highest BCUT2D eigenvalue weighted by Gasteiger charge is 2.31. The monoisotopic (exact) mass is 501 g/mol. The van der Waals surface area contributed by atoms with E-state index in [0.29, 0.717) is 24.1 Å². The largest absolute Gasteiger partial charge is 0.457 e. The van der Waals surface area contributed by atoms with Gasteiger partial charge in [-0.1, -0.05) is 30.3 Å². The van der Waals surface area contributed by atoms with Crippen LogP contribution in [0.25, 0.3) is 0 Å². The van der Waals surface area contributed by atoms with Crippen LogP contribution in [0, 0.1) is 0 Å². The Hall–Kier alpha value is -4.46. The summed E-state index contributed by atoms with van der Waals surface area (Å²) in [6, 6.07) is 18.7. The lowest BCUT2D eigenvalue weighted by molar-refractivity contribution is -0.132. The summed E-state index contributed by atoms with van der Waals surface area (Å²) in [5.41, 5.74) is 2.95. The molecule has 3 aromatic carbocycles. The number of benzene rings is 3. The molecule has 0 saturated heterocycles. The minimum absolute atomic E-state index is 0.00307. The molecule has 0 saturated carbocycles. The van der Waals surface area contributed by atoms with E-state index in [2.05, 4.69) is 0 Å². The standard InChI is InChI=1S/C29H27NO7/c1-18-9-10-22-15-23(29(34)35-17-21-7-5-4-6-8-21)11-14-26(22)30(18)28(33)25-13-12-24(36-19(2)31)16-27(25)37-20(3)32/h4-8,11-16,18H,9-10,17H2,1-3H3. The molecule has 1 aliphatic heterocycles. The van der Waals surface area contributed by atoms with Crippen molar-refractivity contribution in [2.45, 2.75) is 46.3 Å². The minimum atomic E-state index is -0.611. The van der Waals surface area contributed by atoms with Crippen LogP contribution < -0.4 is 14.4 Å². The second kappa shape index (κ2) is 11.1. The van der Waals surface area contributed by atoms with Crippen molar-refractivity contribution in [1.29, 1.82) is 0 Å². The van der Waals surface area contributed by atoms with Crippen molar-refractivity contribution in [1.82, 2.24) is 0 Å². The van der Waals surface area contributed by atoms with E-state index in [1.165, 1.54) is 32.0 Å². The van der Waals surface area contributed by atoms with Gasteiger partial charge in [0.2, 0.25) is 0 Å². The Kier molecular flexibility index (Phi) is 7.67. The first-order valence-corrected chi connectivity index (χ1v) is 11.9. The number of amides is 1. The molecule has 1 unspecified atom stereocenters. The maximum Gasteiger partial charge on any atom is 0.338 e. The van der Waals surface area contributed by atoms with E-state index in [0.717, 1.165) is 11.1 Å². The molecule has 8 heteroatoms. The molecule has 0 aliphatic carbocycles. The molecular formula is C29H27NO7. The second-order valence-electron chi connectivity index (χ2n) is 8.81. The Bertz CT molecular complexity index is 1350. The predicted molar refractivity (Wildman–Crippen MR) is 136 cm³/mol. The molecule has 37 heavy (non-hydrogen) atoms. The van der Waals surface area contributed by atoms with E-state index in [-0.39, 0.29) is 35.6 Å². The maximum atomic E-state index is 13.7. The van der Waals surface area contributed by atoms with Crippen LogP contribution in [0.3, 0.4) is 0 Å². The van der Waals surface area contributed by atoms with Crippen LogP contribution in [0.5, 0.6) is 11.5 Å². The lowest BCUT2D eigenvalue weighted by atomic mass is 9.94. The van der Waals surface area contributed by atoms with E-state index in [4.69, 9.17) is 14.2 Å². The summed E-state index contributed by atoms with van der Waals surface area (Å²) in [7, 11) is 0. The fraction of sp³-hybridized carbons (Fsp3) is 0.241. The number of esters is 3. The number of fused-ring (bicyclic) bond motifs is 1. The number of rotatable bonds is 6. The van der Waals surface area contributed by atoms with Gasteiger partial charge in [-0.15, -0.1) is 0 Å². The average molecular weight is 502 g/mol. The van der Waals surface area contributed by atoms with E-state index < -0.39 is 17.9 Å². The van der Waals surface area contributed by atoms with Gasteiger partial charge in [-0.05, 0) is 61.2 Å². The van der Waals surface area contributed by atoms with Crippen LogP contribution in [-0.4, -0.2) is 29.9 Å². The van der Waals surface area contributed by atoms with Crippen LogP contribution in [-0.2, 0) is 27.4 Å². The maximum absolute atomic E-state index is 13.7. The van der Waals surface area contributed by atoms with Gasteiger partial charge in [-0.3, -0.25) is 14.4 Å². The number of hydrogen-bond acceptors (Lipinski definition) is 7. The Morgan fingerprint density at radius 3 is 2.32 bits per heavy atom. The fourth-order valence-electron chi connectivity index (χ4n) is 4.27. The summed E-state index contributed by atoms with van der Waals surface area (Å²) in [5.74, 6) is -1.81. The van der Waals surface area contributed by atoms with Gasteiger partial charge in [0.05, 0.1) is 11.1 Å². The molecule has 1 heterocycles. The molecule has 0 aromatic heterocycles. The van der Waals surface area contributed by atoms with Gasteiger partial charge < -0.3 is 19.1 Å². The first-order chi connectivity index (χ1) is 17.7. The lowest BCUT2D eigenvalue weighted by Crippen LogP contribution is -2.42. The summed E-state index contributed by atoms with van der Waals surface area (Å²) in [5, 5.41) is 0. The summed E-state index contributed by atoms with van der Waals surface area (Å²) in [6.07, 6.45) is 1.36. The third kappa shape index (κ3) is 6.03. The van der Waals surface area contributed by atoms with Gasteiger partial charge in [0.25, 0.3) is 5.91 Å². The molecule has 1 aliphatic rings. The molecule has 0 N–H and O–H groups in total. The van der Waals surface area contributed by atoms with Gasteiger partial charge in [0, 0.05) is 31.6 Å². The van der Waals surface area contributed by atoms with E-state index in [1.54, 1.807) is 23.1 Å². The molecule has 0 radical (unpaired) electrons. The van der Waals surface area contributed by atoms with Crippen LogP contribution in [0.2, 0.25) is 0 Å². The number of carbonyl (C=O) groups is 4. The van der Waals surface area contributed by atoms with E-state index >= 15 is 0 Å². The van der Waals surface area contributed by atoms with Gasteiger partial charge in [0.1, 0.15) is 18.1 Å². The van der Waals surface area contributed by atoms with Crippen molar-refractivity contribution in [2.24, 2.45) is 0 Å². The summed E-state index contributed by atoms with van der Waals surface area (Å²) >= 11 is 0. The molecule has 0 bridgehead atoms. The van der Waals surface area contributed by atoms with Crippen molar-refractivity contribution in [3.05, 3.63) is 89.0 Å². The summed E-state index contributed by atoms with van der Waals surface area (Å²) in [6.45, 7) is 4.58. The molecule has 0 spiro atoms. The van der Waals surface area contributed by atoms with Gasteiger partial charge in [-0.25, -0.2) is 4.79 Å². The minimum Gasteiger partial charge on any atom is -0.457 e. The smallest absolute Gasteiger partial charge is 0.338 e.